The smallest absolute Gasteiger partial charge is 0.131 e. The molecule has 2 nitrogen and oxygen atoms in total. The number of aromatic nitrogens is 1. The zero-order valence-electron chi connectivity index (χ0n) is 11.0. The molecule has 0 bridgehead atoms. The van der Waals surface area contributed by atoms with Crippen LogP contribution in [0.1, 0.15) is 33.3 Å². The fraction of sp³-hybridized carbons (Fsp3) is 0.615. The van der Waals surface area contributed by atoms with Crippen LogP contribution in [0, 0.1) is 12.3 Å². The molecule has 0 amide bonds. The van der Waals surface area contributed by atoms with Crippen molar-refractivity contribution in [2.75, 3.05) is 11.9 Å². The molecule has 0 N–H and O–H groups in total. The number of aryl methyl sites for hydroxylation is 1. The highest BCUT2D eigenvalue weighted by Gasteiger charge is 2.25. The predicted octanol–water partition coefficient (Wildman–Crippen LogP) is 4.02. The molecule has 0 fully saturated rings. The number of pyridine rings is 1. The highest BCUT2D eigenvalue weighted by Crippen LogP contribution is 2.28. The van der Waals surface area contributed by atoms with Gasteiger partial charge in [-0.25, -0.2) is 4.98 Å². The first-order valence-electron chi connectivity index (χ1n) is 5.58. The lowest BCUT2D eigenvalue weighted by Gasteiger charge is -2.36. The molecule has 0 spiro atoms. The number of hydrogen-bond donors (Lipinski definition) is 0. The molecule has 0 aliphatic heterocycles. The Kier molecular flexibility index (Phi) is 4.00. The van der Waals surface area contributed by atoms with Gasteiger partial charge in [0.2, 0.25) is 0 Å². The Morgan fingerprint density at radius 1 is 1.38 bits per heavy atom. The highest BCUT2D eigenvalue weighted by molar-refractivity contribution is 9.10. The Labute approximate surface area is 107 Å². The van der Waals surface area contributed by atoms with Gasteiger partial charge in [0.05, 0.1) is 0 Å². The van der Waals surface area contributed by atoms with Crippen LogP contribution in [-0.2, 0) is 0 Å². The third kappa shape index (κ3) is 2.97. The average molecular weight is 285 g/mol. The minimum absolute atomic E-state index is 0.246. The Balaban J connectivity index is 3.01. The molecule has 1 aromatic heterocycles. The van der Waals surface area contributed by atoms with Gasteiger partial charge in [-0.15, -0.1) is 0 Å². The lowest BCUT2D eigenvalue weighted by Crippen LogP contribution is -2.40. The number of rotatable bonds is 2. The fourth-order valence-electron chi connectivity index (χ4n) is 1.67. The van der Waals surface area contributed by atoms with Gasteiger partial charge in [-0.05, 0) is 46.8 Å². The van der Waals surface area contributed by atoms with Crippen LogP contribution in [0.25, 0.3) is 0 Å². The molecule has 0 aliphatic carbocycles. The van der Waals surface area contributed by atoms with Crippen molar-refractivity contribution >= 4 is 21.7 Å². The first kappa shape index (κ1) is 13.5. The van der Waals surface area contributed by atoms with Crippen molar-refractivity contribution in [3.63, 3.8) is 0 Å². The van der Waals surface area contributed by atoms with E-state index in [0.717, 1.165) is 10.3 Å². The summed E-state index contributed by atoms with van der Waals surface area (Å²) in [7, 11) is 2.11. The molecule has 16 heavy (non-hydrogen) atoms. The lowest BCUT2D eigenvalue weighted by atomic mass is 9.87. The van der Waals surface area contributed by atoms with Crippen molar-refractivity contribution in [1.29, 1.82) is 0 Å². The van der Waals surface area contributed by atoms with Gasteiger partial charge in [0.25, 0.3) is 0 Å². The molecule has 0 radical (unpaired) electrons. The van der Waals surface area contributed by atoms with Crippen LogP contribution in [0.3, 0.4) is 0 Å². The number of nitrogens with zero attached hydrogens (tertiary/aromatic N) is 2. The first-order valence-corrected chi connectivity index (χ1v) is 6.37. The summed E-state index contributed by atoms with van der Waals surface area (Å²) in [6.45, 7) is 11.1. The standard InChI is InChI=1S/C13H21BrN2/c1-9-7-11(14)8-15-12(9)16(6)10(2)13(3,4)5/h7-8,10H,1-6H3. The van der Waals surface area contributed by atoms with Crippen LogP contribution in [0.15, 0.2) is 16.7 Å². The third-order valence-electron chi connectivity index (χ3n) is 3.19. The Bertz CT molecular complexity index is 369. The van der Waals surface area contributed by atoms with Gasteiger partial charge in [0, 0.05) is 23.8 Å². The van der Waals surface area contributed by atoms with E-state index in [1.807, 2.05) is 6.20 Å². The van der Waals surface area contributed by atoms with Crippen molar-refractivity contribution in [1.82, 2.24) is 4.98 Å². The van der Waals surface area contributed by atoms with Crippen molar-refractivity contribution in [3.8, 4) is 0 Å². The van der Waals surface area contributed by atoms with Gasteiger partial charge in [-0.1, -0.05) is 20.8 Å². The summed E-state index contributed by atoms with van der Waals surface area (Å²) in [4.78, 5) is 6.74. The van der Waals surface area contributed by atoms with Crippen LogP contribution < -0.4 is 4.90 Å². The molecule has 0 saturated heterocycles. The minimum atomic E-state index is 0.246. The molecule has 1 aromatic rings. The van der Waals surface area contributed by atoms with Gasteiger partial charge < -0.3 is 4.90 Å². The van der Waals surface area contributed by atoms with Crippen molar-refractivity contribution in [3.05, 3.63) is 22.3 Å². The minimum Gasteiger partial charge on any atom is -0.356 e. The first-order chi connectivity index (χ1) is 7.23. The lowest BCUT2D eigenvalue weighted by molar-refractivity contribution is 0.328. The van der Waals surface area contributed by atoms with E-state index in [4.69, 9.17) is 0 Å². The average Bonchev–Trinajstić information content (AvgIpc) is 2.14. The number of halogens is 1. The maximum atomic E-state index is 4.49. The van der Waals surface area contributed by atoms with Gasteiger partial charge in [-0.2, -0.15) is 0 Å². The predicted molar refractivity (Wildman–Crippen MR) is 74.0 cm³/mol. The number of hydrogen-bond acceptors (Lipinski definition) is 2. The van der Waals surface area contributed by atoms with Crippen molar-refractivity contribution in [2.45, 2.75) is 40.7 Å². The van der Waals surface area contributed by atoms with Gasteiger partial charge in [0.15, 0.2) is 0 Å². The van der Waals surface area contributed by atoms with E-state index in [2.05, 4.69) is 73.5 Å². The second-order valence-electron chi connectivity index (χ2n) is 5.45. The topological polar surface area (TPSA) is 16.1 Å². The molecule has 1 heterocycles. The molecule has 3 heteroatoms. The summed E-state index contributed by atoms with van der Waals surface area (Å²) in [6.07, 6.45) is 1.86. The van der Waals surface area contributed by atoms with Gasteiger partial charge in [0.1, 0.15) is 5.82 Å². The summed E-state index contributed by atoms with van der Waals surface area (Å²) in [5.74, 6) is 1.06. The van der Waals surface area contributed by atoms with Crippen LogP contribution in [0.4, 0.5) is 5.82 Å². The van der Waals surface area contributed by atoms with E-state index in [1.165, 1.54) is 5.56 Å². The molecule has 1 atom stereocenters. The third-order valence-corrected chi connectivity index (χ3v) is 3.62. The van der Waals surface area contributed by atoms with Crippen LogP contribution in [0.2, 0.25) is 0 Å². The molecule has 90 valence electrons. The molecule has 0 saturated carbocycles. The highest BCUT2D eigenvalue weighted by atomic mass is 79.9. The maximum Gasteiger partial charge on any atom is 0.131 e. The maximum absolute atomic E-state index is 4.49. The fourth-order valence-corrected chi connectivity index (χ4v) is 2.11. The molecule has 0 aliphatic rings. The summed E-state index contributed by atoms with van der Waals surface area (Å²) in [5, 5.41) is 0. The molecule has 1 rings (SSSR count). The molecular weight excluding hydrogens is 264 g/mol. The van der Waals surface area contributed by atoms with E-state index in [9.17, 15) is 0 Å². The zero-order chi connectivity index (χ0) is 12.5. The van der Waals surface area contributed by atoms with E-state index in [0.29, 0.717) is 6.04 Å². The van der Waals surface area contributed by atoms with Crippen molar-refractivity contribution < 1.29 is 0 Å². The quantitative estimate of drug-likeness (QED) is 0.815. The van der Waals surface area contributed by atoms with Gasteiger partial charge >= 0.3 is 0 Å². The van der Waals surface area contributed by atoms with E-state index >= 15 is 0 Å². The Morgan fingerprint density at radius 2 is 1.94 bits per heavy atom. The van der Waals surface area contributed by atoms with E-state index in [-0.39, 0.29) is 5.41 Å². The van der Waals surface area contributed by atoms with Crippen LogP contribution in [-0.4, -0.2) is 18.1 Å². The monoisotopic (exact) mass is 284 g/mol. The van der Waals surface area contributed by atoms with Crippen molar-refractivity contribution in [2.24, 2.45) is 5.41 Å². The summed E-state index contributed by atoms with van der Waals surface area (Å²) < 4.78 is 1.03. The second kappa shape index (κ2) is 4.74. The summed E-state index contributed by atoms with van der Waals surface area (Å²) >= 11 is 3.44. The molecule has 1 unspecified atom stereocenters. The SMILES string of the molecule is Cc1cc(Br)cnc1N(C)C(C)C(C)(C)C. The Hall–Kier alpha value is -0.570. The molecule has 0 aromatic carbocycles. The normalized spacial score (nSPS) is 13.7. The van der Waals surface area contributed by atoms with E-state index in [1.54, 1.807) is 0 Å². The Morgan fingerprint density at radius 3 is 2.38 bits per heavy atom. The molecular formula is C13H21BrN2. The van der Waals surface area contributed by atoms with Gasteiger partial charge in [-0.3, -0.25) is 0 Å². The van der Waals surface area contributed by atoms with E-state index < -0.39 is 0 Å². The van der Waals surface area contributed by atoms with Crippen LogP contribution >= 0.6 is 15.9 Å². The number of anilines is 1. The summed E-state index contributed by atoms with van der Waals surface area (Å²) in [5.41, 5.74) is 1.45. The van der Waals surface area contributed by atoms with Crippen LogP contribution in [0.5, 0.6) is 0 Å². The largest absolute Gasteiger partial charge is 0.356 e. The second-order valence-corrected chi connectivity index (χ2v) is 6.36. The zero-order valence-corrected chi connectivity index (χ0v) is 12.6. The summed E-state index contributed by atoms with van der Waals surface area (Å²) in [6, 6.07) is 2.55.